The van der Waals surface area contributed by atoms with Crippen molar-refractivity contribution in [2.24, 2.45) is 5.92 Å². The number of aliphatic hydroxyl groups excluding tert-OH is 1. The van der Waals surface area contributed by atoms with Crippen molar-refractivity contribution in [2.45, 2.75) is 32.9 Å². The zero-order valence-electron chi connectivity index (χ0n) is 10.1. The lowest BCUT2D eigenvalue weighted by Gasteiger charge is -2.20. The Morgan fingerprint density at radius 2 is 1.81 bits per heavy atom. The molecule has 0 aliphatic carbocycles. The maximum atomic E-state index is 9.67. The molecule has 2 unspecified atom stereocenters. The number of phenols is 1. The van der Waals surface area contributed by atoms with Crippen molar-refractivity contribution in [1.82, 2.24) is 5.32 Å². The van der Waals surface area contributed by atoms with Crippen LogP contribution in [0.5, 0.6) is 5.75 Å². The fourth-order valence-corrected chi connectivity index (χ4v) is 1.50. The average Bonchev–Trinajstić information content (AvgIpc) is 2.25. The minimum Gasteiger partial charge on any atom is -0.508 e. The Bertz CT molecular complexity index is 325. The van der Waals surface area contributed by atoms with Crippen molar-refractivity contribution in [1.29, 1.82) is 0 Å². The number of hydrogen-bond donors (Lipinski definition) is 3. The van der Waals surface area contributed by atoms with Gasteiger partial charge in [0.15, 0.2) is 0 Å². The molecule has 2 atom stereocenters. The topological polar surface area (TPSA) is 52.5 Å². The summed E-state index contributed by atoms with van der Waals surface area (Å²) in [5.41, 5.74) is 0.860. The van der Waals surface area contributed by atoms with Crippen molar-refractivity contribution in [2.75, 3.05) is 6.54 Å². The summed E-state index contributed by atoms with van der Waals surface area (Å²) in [5, 5.41) is 22.5. The highest BCUT2D eigenvalue weighted by molar-refractivity contribution is 5.34. The molecule has 0 aliphatic rings. The van der Waals surface area contributed by atoms with E-state index in [-0.39, 0.29) is 18.1 Å². The maximum Gasteiger partial charge on any atom is 0.120 e. The van der Waals surface area contributed by atoms with Crippen molar-refractivity contribution in [3.63, 3.8) is 0 Å². The van der Waals surface area contributed by atoms with Crippen LogP contribution in [0.1, 0.15) is 32.4 Å². The van der Waals surface area contributed by atoms with E-state index in [1.165, 1.54) is 0 Å². The molecule has 0 amide bonds. The summed E-state index contributed by atoms with van der Waals surface area (Å²) in [6.07, 6.45) is -0.353. The van der Waals surface area contributed by atoms with Crippen molar-refractivity contribution >= 4 is 0 Å². The molecule has 16 heavy (non-hydrogen) atoms. The molecule has 0 fully saturated rings. The van der Waals surface area contributed by atoms with Crippen LogP contribution in [0.25, 0.3) is 0 Å². The van der Waals surface area contributed by atoms with Crippen molar-refractivity contribution < 1.29 is 10.2 Å². The Hall–Kier alpha value is -1.06. The first kappa shape index (κ1) is 13.0. The number of aliphatic hydroxyl groups is 1. The molecule has 0 saturated heterocycles. The van der Waals surface area contributed by atoms with E-state index in [2.05, 4.69) is 5.32 Å². The molecule has 3 heteroatoms. The van der Waals surface area contributed by atoms with E-state index in [0.717, 1.165) is 5.56 Å². The van der Waals surface area contributed by atoms with Gasteiger partial charge in [-0.3, -0.25) is 0 Å². The van der Waals surface area contributed by atoms with E-state index in [4.69, 9.17) is 0 Å². The van der Waals surface area contributed by atoms with Gasteiger partial charge in [-0.25, -0.2) is 0 Å². The minimum absolute atomic E-state index is 0.0367. The van der Waals surface area contributed by atoms with Crippen LogP contribution in [0.3, 0.4) is 0 Å². The highest BCUT2D eigenvalue weighted by Gasteiger charge is 2.13. The van der Waals surface area contributed by atoms with Gasteiger partial charge < -0.3 is 15.5 Å². The summed E-state index contributed by atoms with van der Waals surface area (Å²) < 4.78 is 0. The smallest absolute Gasteiger partial charge is 0.120 e. The first-order valence-electron chi connectivity index (χ1n) is 5.71. The molecule has 1 rings (SSSR count). The van der Waals surface area contributed by atoms with Crippen molar-refractivity contribution in [3.8, 4) is 5.75 Å². The minimum atomic E-state index is -0.353. The third kappa shape index (κ3) is 3.51. The first-order valence-corrected chi connectivity index (χ1v) is 5.71. The lowest BCUT2D eigenvalue weighted by molar-refractivity contribution is 0.120. The normalized spacial score (nSPS) is 15.1. The quantitative estimate of drug-likeness (QED) is 0.716. The van der Waals surface area contributed by atoms with E-state index >= 15 is 0 Å². The Labute approximate surface area is 97.1 Å². The highest BCUT2D eigenvalue weighted by Crippen LogP contribution is 2.22. The molecule has 1 aromatic rings. The summed E-state index contributed by atoms with van der Waals surface area (Å²) in [4.78, 5) is 0. The molecule has 0 heterocycles. The third-order valence-corrected chi connectivity index (χ3v) is 2.81. The SMILES string of the molecule is CC(NCC(O)C(C)C)c1ccccc1O. The van der Waals surface area contributed by atoms with E-state index < -0.39 is 0 Å². The van der Waals surface area contributed by atoms with Crippen LogP contribution in [-0.4, -0.2) is 22.9 Å². The zero-order valence-corrected chi connectivity index (χ0v) is 10.1. The molecule has 3 N–H and O–H groups in total. The predicted molar refractivity (Wildman–Crippen MR) is 65.4 cm³/mol. The van der Waals surface area contributed by atoms with E-state index in [9.17, 15) is 10.2 Å². The Morgan fingerprint density at radius 3 is 2.38 bits per heavy atom. The third-order valence-electron chi connectivity index (χ3n) is 2.81. The lowest BCUT2D eigenvalue weighted by atomic mass is 10.0. The second-order valence-corrected chi connectivity index (χ2v) is 4.50. The number of rotatable bonds is 5. The molecule has 0 spiro atoms. The second-order valence-electron chi connectivity index (χ2n) is 4.50. The molecular weight excluding hydrogens is 202 g/mol. The summed E-state index contributed by atoms with van der Waals surface area (Å²) in [6.45, 7) is 6.48. The van der Waals surface area contributed by atoms with E-state index in [0.29, 0.717) is 12.3 Å². The van der Waals surface area contributed by atoms with Gasteiger partial charge in [-0.1, -0.05) is 32.0 Å². The Balaban J connectivity index is 2.53. The zero-order chi connectivity index (χ0) is 12.1. The fourth-order valence-electron chi connectivity index (χ4n) is 1.50. The second kappa shape index (κ2) is 5.87. The molecule has 0 saturated carbocycles. The number of nitrogens with one attached hydrogen (secondary N) is 1. The van der Waals surface area contributed by atoms with Crippen LogP contribution in [0.2, 0.25) is 0 Å². The number of phenolic OH excluding ortho intramolecular Hbond substituents is 1. The van der Waals surface area contributed by atoms with Crippen LogP contribution in [0.4, 0.5) is 0 Å². The first-order chi connectivity index (χ1) is 7.52. The van der Waals surface area contributed by atoms with E-state index in [1.807, 2.05) is 32.9 Å². The molecule has 0 aromatic heterocycles. The van der Waals surface area contributed by atoms with Gasteiger partial charge in [0.2, 0.25) is 0 Å². The molecule has 0 radical (unpaired) electrons. The van der Waals surface area contributed by atoms with Crippen LogP contribution >= 0.6 is 0 Å². The van der Waals surface area contributed by atoms with Gasteiger partial charge >= 0.3 is 0 Å². The van der Waals surface area contributed by atoms with Crippen LogP contribution in [0, 0.1) is 5.92 Å². The van der Waals surface area contributed by atoms with Gasteiger partial charge in [-0.2, -0.15) is 0 Å². The Kier molecular flexibility index (Phi) is 4.77. The molecule has 90 valence electrons. The fraction of sp³-hybridized carbons (Fsp3) is 0.538. The predicted octanol–water partition coefficient (Wildman–Crippen LogP) is 2.06. The number of benzene rings is 1. The Morgan fingerprint density at radius 1 is 1.19 bits per heavy atom. The monoisotopic (exact) mass is 223 g/mol. The number of hydrogen-bond acceptors (Lipinski definition) is 3. The summed E-state index contributed by atoms with van der Waals surface area (Å²) >= 11 is 0. The van der Waals surface area contributed by atoms with Crippen LogP contribution < -0.4 is 5.32 Å². The summed E-state index contributed by atoms with van der Waals surface area (Å²) in [5.74, 6) is 0.533. The van der Waals surface area contributed by atoms with Crippen LogP contribution in [0.15, 0.2) is 24.3 Å². The summed E-state index contributed by atoms with van der Waals surface area (Å²) in [6, 6.07) is 7.29. The van der Waals surface area contributed by atoms with Crippen LogP contribution in [-0.2, 0) is 0 Å². The molecule has 0 bridgehead atoms. The van der Waals surface area contributed by atoms with Crippen molar-refractivity contribution in [3.05, 3.63) is 29.8 Å². The average molecular weight is 223 g/mol. The van der Waals surface area contributed by atoms with Gasteiger partial charge in [0, 0.05) is 18.2 Å². The molecule has 1 aromatic carbocycles. The largest absolute Gasteiger partial charge is 0.508 e. The number of aromatic hydroxyl groups is 1. The standard InChI is InChI=1S/C13H21NO2/c1-9(2)13(16)8-14-10(3)11-6-4-5-7-12(11)15/h4-7,9-10,13-16H,8H2,1-3H3. The number of para-hydroxylation sites is 1. The highest BCUT2D eigenvalue weighted by atomic mass is 16.3. The van der Waals surface area contributed by atoms with Gasteiger partial charge in [-0.15, -0.1) is 0 Å². The lowest BCUT2D eigenvalue weighted by Crippen LogP contribution is -2.32. The maximum absolute atomic E-state index is 9.67. The molecular formula is C13H21NO2. The summed E-state index contributed by atoms with van der Waals surface area (Å²) in [7, 11) is 0. The van der Waals surface area contributed by atoms with Gasteiger partial charge in [0.1, 0.15) is 5.75 Å². The van der Waals surface area contributed by atoms with Gasteiger partial charge in [-0.05, 0) is 18.9 Å². The van der Waals surface area contributed by atoms with Gasteiger partial charge in [0.25, 0.3) is 0 Å². The van der Waals surface area contributed by atoms with E-state index in [1.54, 1.807) is 12.1 Å². The van der Waals surface area contributed by atoms with Gasteiger partial charge in [0.05, 0.1) is 6.10 Å². The molecule has 0 aliphatic heterocycles. The molecule has 3 nitrogen and oxygen atoms in total.